The van der Waals surface area contributed by atoms with Crippen LogP contribution in [-0.4, -0.2) is 43.3 Å². The Kier molecular flexibility index (Phi) is 4.11. The van der Waals surface area contributed by atoms with Gasteiger partial charge in [0.15, 0.2) is 0 Å². The maximum Gasteiger partial charge on any atom is 0.0661 e. The highest BCUT2D eigenvalue weighted by Crippen LogP contribution is 2.45. The highest BCUT2D eigenvalue weighted by atomic mass is 16.5. The van der Waals surface area contributed by atoms with E-state index in [0.29, 0.717) is 6.04 Å². The Morgan fingerprint density at radius 3 is 2.29 bits per heavy atom. The second kappa shape index (κ2) is 5.25. The first kappa shape index (κ1) is 13.3. The molecule has 0 aromatic rings. The molecule has 0 heterocycles. The lowest BCUT2D eigenvalue weighted by Crippen LogP contribution is -2.61. The molecule has 17 heavy (non-hydrogen) atoms. The first-order chi connectivity index (χ1) is 8.14. The van der Waals surface area contributed by atoms with E-state index in [0.717, 1.165) is 25.0 Å². The molecule has 0 bridgehead atoms. The highest BCUT2D eigenvalue weighted by Gasteiger charge is 2.50. The van der Waals surface area contributed by atoms with Crippen LogP contribution in [0, 0.1) is 11.8 Å². The van der Waals surface area contributed by atoms with Crippen LogP contribution in [0.3, 0.4) is 0 Å². The van der Waals surface area contributed by atoms with Gasteiger partial charge < -0.3 is 10.5 Å². The average Bonchev–Trinajstić information content (AvgIpc) is 3.16. The van der Waals surface area contributed by atoms with Crippen LogP contribution >= 0.6 is 0 Å². The van der Waals surface area contributed by atoms with Crippen LogP contribution in [-0.2, 0) is 4.74 Å². The predicted molar refractivity (Wildman–Crippen MR) is 71.0 cm³/mol. The summed E-state index contributed by atoms with van der Waals surface area (Å²) in [5.41, 5.74) is 6.25. The summed E-state index contributed by atoms with van der Waals surface area (Å²) in [6.45, 7) is 7.33. The van der Waals surface area contributed by atoms with Crippen molar-refractivity contribution in [3.8, 4) is 0 Å². The van der Waals surface area contributed by atoms with Crippen molar-refractivity contribution in [1.82, 2.24) is 4.90 Å². The quantitative estimate of drug-likeness (QED) is 0.704. The molecule has 2 aliphatic carbocycles. The lowest BCUT2D eigenvalue weighted by Gasteiger charge is -2.46. The van der Waals surface area contributed by atoms with Gasteiger partial charge in [-0.2, -0.15) is 0 Å². The number of ether oxygens (including phenoxy) is 1. The minimum Gasteiger partial charge on any atom is -0.383 e. The number of rotatable bonds is 8. The SMILES string of the molecule is COCC(CN)(C1CC1)N(CC1CC1)C(C)C. The third kappa shape index (κ3) is 2.83. The third-order valence-corrected chi connectivity index (χ3v) is 4.43. The van der Waals surface area contributed by atoms with Gasteiger partial charge >= 0.3 is 0 Å². The first-order valence-corrected chi connectivity index (χ1v) is 7.09. The Morgan fingerprint density at radius 1 is 1.29 bits per heavy atom. The van der Waals surface area contributed by atoms with Crippen LogP contribution in [0.2, 0.25) is 0 Å². The van der Waals surface area contributed by atoms with E-state index in [-0.39, 0.29) is 5.54 Å². The topological polar surface area (TPSA) is 38.5 Å². The Labute approximate surface area is 106 Å². The number of hydrogen-bond donors (Lipinski definition) is 1. The van der Waals surface area contributed by atoms with Gasteiger partial charge in [0.25, 0.3) is 0 Å². The second-order valence-corrected chi connectivity index (χ2v) is 6.20. The molecular formula is C14H28N2O. The van der Waals surface area contributed by atoms with Crippen LogP contribution < -0.4 is 5.73 Å². The fraction of sp³-hybridized carbons (Fsp3) is 1.00. The zero-order valence-electron chi connectivity index (χ0n) is 11.6. The smallest absolute Gasteiger partial charge is 0.0661 e. The summed E-state index contributed by atoms with van der Waals surface area (Å²) in [7, 11) is 1.81. The van der Waals surface area contributed by atoms with Gasteiger partial charge in [-0.15, -0.1) is 0 Å². The van der Waals surface area contributed by atoms with Crippen molar-refractivity contribution in [3.63, 3.8) is 0 Å². The summed E-state index contributed by atoms with van der Waals surface area (Å²) in [5, 5.41) is 0. The van der Waals surface area contributed by atoms with E-state index in [1.807, 2.05) is 7.11 Å². The fourth-order valence-corrected chi connectivity index (χ4v) is 3.13. The fourth-order valence-electron chi connectivity index (χ4n) is 3.13. The molecule has 0 amide bonds. The number of nitrogens with two attached hydrogens (primary N) is 1. The molecule has 2 rings (SSSR count). The number of methoxy groups -OCH3 is 1. The van der Waals surface area contributed by atoms with Gasteiger partial charge in [0.2, 0.25) is 0 Å². The largest absolute Gasteiger partial charge is 0.383 e. The van der Waals surface area contributed by atoms with Crippen molar-refractivity contribution in [2.75, 3.05) is 26.8 Å². The van der Waals surface area contributed by atoms with Gasteiger partial charge in [-0.05, 0) is 51.4 Å². The molecule has 100 valence electrons. The molecule has 0 aromatic heterocycles. The molecule has 0 saturated heterocycles. The molecule has 0 spiro atoms. The molecule has 1 atom stereocenters. The third-order valence-electron chi connectivity index (χ3n) is 4.43. The van der Waals surface area contributed by atoms with Crippen molar-refractivity contribution >= 4 is 0 Å². The van der Waals surface area contributed by atoms with Gasteiger partial charge in [-0.1, -0.05) is 0 Å². The summed E-state index contributed by atoms with van der Waals surface area (Å²) in [4.78, 5) is 2.64. The molecule has 2 aliphatic rings. The van der Waals surface area contributed by atoms with Gasteiger partial charge in [0.05, 0.1) is 12.1 Å². The van der Waals surface area contributed by atoms with E-state index in [1.165, 1.54) is 32.2 Å². The minimum absolute atomic E-state index is 0.103. The Balaban J connectivity index is 2.13. The van der Waals surface area contributed by atoms with E-state index < -0.39 is 0 Å². The zero-order valence-corrected chi connectivity index (χ0v) is 11.6. The summed E-state index contributed by atoms with van der Waals surface area (Å²) >= 11 is 0. The van der Waals surface area contributed by atoms with E-state index in [2.05, 4.69) is 18.7 Å². The molecule has 1 unspecified atom stereocenters. The molecule has 2 fully saturated rings. The number of nitrogens with zero attached hydrogens (tertiary/aromatic N) is 1. The normalized spacial score (nSPS) is 24.4. The maximum atomic E-state index is 6.15. The molecule has 0 aliphatic heterocycles. The van der Waals surface area contributed by atoms with Crippen LogP contribution in [0.5, 0.6) is 0 Å². The minimum atomic E-state index is 0.103. The monoisotopic (exact) mass is 240 g/mol. The lowest BCUT2D eigenvalue weighted by molar-refractivity contribution is -0.0219. The maximum absolute atomic E-state index is 6.15. The van der Waals surface area contributed by atoms with Crippen LogP contribution in [0.1, 0.15) is 39.5 Å². The summed E-state index contributed by atoms with van der Waals surface area (Å²) in [6, 6.07) is 0.565. The van der Waals surface area contributed by atoms with E-state index in [9.17, 15) is 0 Å². The number of hydrogen-bond acceptors (Lipinski definition) is 3. The van der Waals surface area contributed by atoms with Crippen molar-refractivity contribution in [2.45, 2.75) is 51.1 Å². The Bertz CT molecular complexity index is 249. The van der Waals surface area contributed by atoms with Crippen LogP contribution in [0.4, 0.5) is 0 Å². The molecule has 0 radical (unpaired) electrons. The summed E-state index contributed by atoms with van der Waals surface area (Å²) in [6.07, 6.45) is 5.46. The van der Waals surface area contributed by atoms with Crippen molar-refractivity contribution in [2.24, 2.45) is 17.6 Å². The van der Waals surface area contributed by atoms with Crippen LogP contribution in [0.15, 0.2) is 0 Å². The van der Waals surface area contributed by atoms with Gasteiger partial charge in [0, 0.05) is 26.2 Å². The van der Waals surface area contributed by atoms with E-state index in [4.69, 9.17) is 10.5 Å². The van der Waals surface area contributed by atoms with Crippen LogP contribution in [0.25, 0.3) is 0 Å². The van der Waals surface area contributed by atoms with Gasteiger partial charge in [-0.3, -0.25) is 4.90 Å². The van der Waals surface area contributed by atoms with E-state index in [1.54, 1.807) is 0 Å². The van der Waals surface area contributed by atoms with Crippen molar-refractivity contribution < 1.29 is 4.74 Å². The molecule has 2 saturated carbocycles. The molecule has 3 nitrogen and oxygen atoms in total. The standard InChI is InChI=1S/C14H28N2O/c1-11(2)16(8-12-4-5-12)14(9-15,10-17-3)13-6-7-13/h11-13H,4-10,15H2,1-3H3. The molecule has 0 aromatic carbocycles. The van der Waals surface area contributed by atoms with E-state index >= 15 is 0 Å². The molecule has 3 heteroatoms. The summed E-state index contributed by atoms with van der Waals surface area (Å²) < 4.78 is 5.51. The zero-order chi connectivity index (χ0) is 12.5. The average molecular weight is 240 g/mol. The van der Waals surface area contributed by atoms with Crippen molar-refractivity contribution in [1.29, 1.82) is 0 Å². The lowest BCUT2D eigenvalue weighted by atomic mass is 9.90. The van der Waals surface area contributed by atoms with Crippen molar-refractivity contribution in [3.05, 3.63) is 0 Å². The predicted octanol–water partition coefficient (Wildman–Crippen LogP) is 1.86. The first-order valence-electron chi connectivity index (χ1n) is 7.09. The molecular weight excluding hydrogens is 212 g/mol. The Hall–Kier alpha value is -0.120. The van der Waals surface area contributed by atoms with Gasteiger partial charge in [-0.25, -0.2) is 0 Å². The summed E-state index contributed by atoms with van der Waals surface area (Å²) in [5.74, 6) is 1.67. The van der Waals surface area contributed by atoms with Gasteiger partial charge in [0.1, 0.15) is 0 Å². The second-order valence-electron chi connectivity index (χ2n) is 6.20. The Morgan fingerprint density at radius 2 is 1.94 bits per heavy atom. The highest BCUT2D eigenvalue weighted by molar-refractivity contribution is 5.05. The molecule has 2 N–H and O–H groups in total.